The first-order valence-corrected chi connectivity index (χ1v) is 8.07. The summed E-state index contributed by atoms with van der Waals surface area (Å²) in [7, 11) is 1.77. The number of nitrogens with one attached hydrogen (secondary N) is 1. The Balaban J connectivity index is 1.75. The molecular formula is C17H24N2O. The number of nitrogens with zero attached hydrogens (tertiary/aromatic N) is 1. The van der Waals surface area contributed by atoms with Gasteiger partial charge in [-0.25, -0.2) is 0 Å². The van der Waals surface area contributed by atoms with E-state index in [9.17, 15) is 0 Å². The molecule has 3 nitrogen and oxygen atoms in total. The van der Waals surface area contributed by atoms with Crippen LogP contribution >= 0.6 is 0 Å². The van der Waals surface area contributed by atoms with Crippen LogP contribution in [-0.4, -0.2) is 25.7 Å². The fraction of sp³-hybridized carbons (Fsp3) is 0.647. The predicted molar refractivity (Wildman–Crippen MR) is 82.7 cm³/mol. The summed E-state index contributed by atoms with van der Waals surface area (Å²) in [6.45, 7) is 1.07. The van der Waals surface area contributed by atoms with E-state index < -0.39 is 0 Å². The first kappa shape index (κ1) is 12.4. The van der Waals surface area contributed by atoms with Gasteiger partial charge in [-0.15, -0.1) is 0 Å². The van der Waals surface area contributed by atoms with Crippen LogP contribution in [0.1, 0.15) is 38.5 Å². The molecule has 2 aliphatic heterocycles. The van der Waals surface area contributed by atoms with Crippen LogP contribution in [0.15, 0.2) is 18.2 Å². The Bertz CT molecular complexity index is 502. The minimum atomic E-state index is 0.675. The summed E-state index contributed by atoms with van der Waals surface area (Å²) in [6, 6.07) is 7.90. The average Bonchev–Trinajstić information content (AvgIpc) is 2.53. The van der Waals surface area contributed by atoms with Crippen molar-refractivity contribution in [2.45, 2.75) is 50.6 Å². The van der Waals surface area contributed by atoms with Gasteiger partial charge in [0.15, 0.2) is 0 Å². The molecule has 1 saturated carbocycles. The third-order valence-corrected chi connectivity index (χ3v) is 5.51. The van der Waals surface area contributed by atoms with Crippen molar-refractivity contribution in [1.29, 1.82) is 0 Å². The molecule has 3 unspecified atom stereocenters. The van der Waals surface area contributed by atoms with Gasteiger partial charge in [-0.3, -0.25) is 0 Å². The third kappa shape index (κ3) is 1.79. The number of para-hydroxylation sites is 1. The smallest absolute Gasteiger partial charge is 0.144 e. The molecule has 0 amide bonds. The van der Waals surface area contributed by atoms with Gasteiger partial charge in [-0.2, -0.15) is 0 Å². The summed E-state index contributed by atoms with van der Waals surface area (Å²) in [5.74, 6) is 1.90. The molecule has 0 radical (unpaired) electrons. The van der Waals surface area contributed by atoms with Gasteiger partial charge in [0, 0.05) is 18.6 Å². The van der Waals surface area contributed by atoms with Gasteiger partial charge < -0.3 is 15.0 Å². The SMILES string of the molecule is COc1cccc2c1NCC1CCC3CCCCC3N21. The van der Waals surface area contributed by atoms with E-state index in [1.165, 1.54) is 49.9 Å². The Morgan fingerprint density at radius 3 is 2.95 bits per heavy atom. The first-order chi connectivity index (χ1) is 9.88. The standard InChI is InChI=1S/C17H24N2O/c1-20-16-8-4-7-15-17(16)18-11-13-10-9-12-5-2-3-6-14(12)19(13)15/h4,7-8,12-14,18H,2-3,5-6,9-11H2,1H3. The van der Waals surface area contributed by atoms with Crippen LogP contribution in [-0.2, 0) is 0 Å². The van der Waals surface area contributed by atoms with Crippen LogP contribution in [0.25, 0.3) is 0 Å². The molecule has 1 aromatic carbocycles. The second-order valence-electron chi connectivity index (χ2n) is 6.49. The second kappa shape index (κ2) is 4.87. The van der Waals surface area contributed by atoms with Gasteiger partial charge in [0.2, 0.25) is 0 Å². The summed E-state index contributed by atoms with van der Waals surface area (Å²) in [5.41, 5.74) is 2.58. The molecule has 1 aliphatic carbocycles. The van der Waals surface area contributed by atoms with E-state index in [2.05, 4.69) is 28.4 Å². The van der Waals surface area contributed by atoms with E-state index in [4.69, 9.17) is 4.74 Å². The largest absolute Gasteiger partial charge is 0.495 e. The zero-order valence-corrected chi connectivity index (χ0v) is 12.3. The monoisotopic (exact) mass is 272 g/mol. The molecule has 2 heterocycles. The zero-order valence-electron chi connectivity index (χ0n) is 12.3. The summed E-state index contributed by atoms with van der Waals surface area (Å²) >= 11 is 0. The number of fused-ring (bicyclic) bond motifs is 5. The summed E-state index contributed by atoms with van der Waals surface area (Å²) in [6.07, 6.45) is 8.40. The van der Waals surface area contributed by atoms with Crippen molar-refractivity contribution in [1.82, 2.24) is 0 Å². The molecule has 0 aromatic heterocycles. The summed E-state index contributed by atoms with van der Waals surface area (Å²) in [4.78, 5) is 2.74. The highest BCUT2D eigenvalue weighted by atomic mass is 16.5. The highest BCUT2D eigenvalue weighted by molar-refractivity contribution is 5.79. The quantitative estimate of drug-likeness (QED) is 0.844. The van der Waals surface area contributed by atoms with Crippen molar-refractivity contribution >= 4 is 11.4 Å². The van der Waals surface area contributed by atoms with Gasteiger partial charge in [0.25, 0.3) is 0 Å². The topological polar surface area (TPSA) is 24.5 Å². The average molecular weight is 272 g/mol. The van der Waals surface area contributed by atoms with E-state index in [0.29, 0.717) is 6.04 Å². The molecule has 2 fully saturated rings. The first-order valence-electron chi connectivity index (χ1n) is 8.07. The molecule has 1 N–H and O–H groups in total. The fourth-order valence-corrected chi connectivity index (χ4v) is 4.59. The zero-order chi connectivity index (χ0) is 13.5. The van der Waals surface area contributed by atoms with Crippen LogP contribution in [0.3, 0.4) is 0 Å². The number of benzene rings is 1. The van der Waals surface area contributed by atoms with Crippen LogP contribution in [0.5, 0.6) is 5.75 Å². The molecule has 1 aromatic rings. The molecule has 20 heavy (non-hydrogen) atoms. The van der Waals surface area contributed by atoms with E-state index >= 15 is 0 Å². The maximum Gasteiger partial charge on any atom is 0.144 e. The van der Waals surface area contributed by atoms with Gasteiger partial charge in [0.05, 0.1) is 12.8 Å². The van der Waals surface area contributed by atoms with Crippen molar-refractivity contribution in [3.05, 3.63) is 18.2 Å². The Morgan fingerprint density at radius 2 is 2.05 bits per heavy atom. The van der Waals surface area contributed by atoms with Crippen LogP contribution in [0.2, 0.25) is 0 Å². The van der Waals surface area contributed by atoms with Crippen molar-refractivity contribution in [3.63, 3.8) is 0 Å². The van der Waals surface area contributed by atoms with Gasteiger partial charge >= 0.3 is 0 Å². The van der Waals surface area contributed by atoms with E-state index in [-0.39, 0.29) is 0 Å². The number of ether oxygens (including phenoxy) is 1. The van der Waals surface area contributed by atoms with Gasteiger partial charge in [-0.05, 0) is 43.7 Å². The molecule has 108 valence electrons. The molecule has 3 heteroatoms. The van der Waals surface area contributed by atoms with Crippen molar-refractivity contribution in [2.24, 2.45) is 5.92 Å². The Morgan fingerprint density at radius 1 is 1.15 bits per heavy atom. The second-order valence-corrected chi connectivity index (χ2v) is 6.49. The van der Waals surface area contributed by atoms with Crippen molar-refractivity contribution in [2.75, 3.05) is 23.9 Å². The number of hydrogen-bond acceptors (Lipinski definition) is 3. The summed E-state index contributed by atoms with van der Waals surface area (Å²) in [5, 5.41) is 3.61. The van der Waals surface area contributed by atoms with Crippen molar-refractivity contribution < 1.29 is 4.74 Å². The fourth-order valence-electron chi connectivity index (χ4n) is 4.59. The van der Waals surface area contributed by atoms with Crippen LogP contribution < -0.4 is 15.0 Å². The molecule has 1 saturated heterocycles. The van der Waals surface area contributed by atoms with Crippen LogP contribution in [0, 0.1) is 5.92 Å². The van der Waals surface area contributed by atoms with Gasteiger partial charge in [-0.1, -0.05) is 18.9 Å². The van der Waals surface area contributed by atoms with Crippen molar-refractivity contribution in [3.8, 4) is 5.75 Å². The molecular weight excluding hydrogens is 248 g/mol. The highest BCUT2D eigenvalue weighted by Gasteiger charge is 2.41. The Kier molecular flexibility index (Phi) is 3.01. The Labute approximate surface area is 121 Å². The molecule has 3 aliphatic rings. The predicted octanol–water partition coefficient (Wildman–Crippen LogP) is 3.65. The number of rotatable bonds is 1. The minimum absolute atomic E-state index is 0.675. The minimum Gasteiger partial charge on any atom is -0.495 e. The molecule has 4 rings (SSSR count). The maximum absolute atomic E-state index is 5.54. The highest BCUT2D eigenvalue weighted by Crippen LogP contribution is 2.47. The molecule has 3 atom stereocenters. The summed E-state index contributed by atoms with van der Waals surface area (Å²) < 4.78 is 5.54. The maximum atomic E-state index is 5.54. The Hall–Kier alpha value is -1.38. The van der Waals surface area contributed by atoms with Crippen LogP contribution in [0.4, 0.5) is 11.4 Å². The lowest BCUT2D eigenvalue weighted by Crippen LogP contribution is -2.56. The van der Waals surface area contributed by atoms with E-state index in [0.717, 1.165) is 24.3 Å². The number of anilines is 2. The molecule has 0 spiro atoms. The van der Waals surface area contributed by atoms with Gasteiger partial charge in [0.1, 0.15) is 11.4 Å². The number of piperidine rings is 1. The normalized spacial score (nSPS) is 31.6. The lowest BCUT2D eigenvalue weighted by atomic mass is 9.75. The third-order valence-electron chi connectivity index (χ3n) is 5.51. The lowest BCUT2D eigenvalue weighted by molar-refractivity contribution is 0.215. The molecule has 0 bridgehead atoms. The number of methoxy groups -OCH3 is 1. The lowest BCUT2D eigenvalue weighted by Gasteiger charge is -2.52. The van der Waals surface area contributed by atoms with E-state index in [1.807, 2.05) is 0 Å². The van der Waals surface area contributed by atoms with E-state index in [1.54, 1.807) is 7.11 Å². The number of hydrogen-bond donors (Lipinski definition) is 1.